The standard InChI is InChI=1S/C18H17N3O4S3/c1-11(22)19-14-6-7-25-16-5-4-12(9-13(14)16)15-10-27-18(20-15)21-28(23,24)17-3-2-8-26-17/h2-5,8-10,14H,6-7H2,1H3,(H,19,22)(H,20,21). The van der Waals surface area contributed by atoms with E-state index in [4.69, 9.17) is 4.74 Å². The van der Waals surface area contributed by atoms with E-state index in [1.165, 1.54) is 18.3 Å². The zero-order chi connectivity index (χ0) is 19.7. The molecular formula is C18H17N3O4S3. The summed E-state index contributed by atoms with van der Waals surface area (Å²) >= 11 is 2.37. The molecule has 0 aliphatic carbocycles. The second-order valence-corrected chi connectivity index (χ2v) is 9.93. The predicted molar refractivity (Wildman–Crippen MR) is 109 cm³/mol. The smallest absolute Gasteiger partial charge is 0.273 e. The first kappa shape index (κ1) is 18.9. The predicted octanol–water partition coefficient (Wildman–Crippen LogP) is 3.63. The van der Waals surface area contributed by atoms with E-state index in [-0.39, 0.29) is 16.2 Å². The van der Waals surface area contributed by atoms with E-state index in [9.17, 15) is 13.2 Å². The molecular weight excluding hydrogens is 418 g/mol. The number of aromatic nitrogens is 1. The van der Waals surface area contributed by atoms with Crippen LogP contribution in [0.3, 0.4) is 0 Å². The van der Waals surface area contributed by atoms with Crippen molar-refractivity contribution in [1.82, 2.24) is 10.3 Å². The third-order valence-electron chi connectivity index (χ3n) is 4.21. The summed E-state index contributed by atoms with van der Waals surface area (Å²) in [5, 5.41) is 6.75. The lowest BCUT2D eigenvalue weighted by Crippen LogP contribution is -2.30. The summed E-state index contributed by atoms with van der Waals surface area (Å²) in [6.07, 6.45) is 0.693. The highest BCUT2D eigenvalue weighted by molar-refractivity contribution is 7.94. The van der Waals surface area contributed by atoms with Crippen molar-refractivity contribution < 1.29 is 17.9 Å². The van der Waals surface area contributed by atoms with Gasteiger partial charge in [-0.2, -0.15) is 0 Å². The quantitative estimate of drug-likeness (QED) is 0.638. The van der Waals surface area contributed by atoms with E-state index in [0.29, 0.717) is 23.9 Å². The van der Waals surface area contributed by atoms with Gasteiger partial charge in [-0.15, -0.1) is 22.7 Å². The number of sulfonamides is 1. The van der Waals surface area contributed by atoms with Crippen LogP contribution in [-0.2, 0) is 14.8 Å². The van der Waals surface area contributed by atoms with Gasteiger partial charge < -0.3 is 10.1 Å². The number of amides is 1. The molecule has 0 saturated heterocycles. The first-order chi connectivity index (χ1) is 13.4. The fourth-order valence-corrected chi connectivity index (χ4v) is 5.95. The molecule has 7 nitrogen and oxygen atoms in total. The zero-order valence-electron chi connectivity index (χ0n) is 14.8. The number of hydrogen-bond donors (Lipinski definition) is 2. The van der Waals surface area contributed by atoms with E-state index in [1.807, 2.05) is 18.2 Å². The molecule has 2 N–H and O–H groups in total. The summed E-state index contributed by atoms with van der Waals surface area (Å²) in [7, 11) is -3.63. The van der Waals surface area contributed by atoms with E-state index in [0.717, 1.165) is 28.2 Å². The highest BCUT2D eigenvalue weighted by atomic mass is 32.2. The summed E-state index contributed by atoms with van der Waals surface area (Å²) in [6, 6.07) is 8.79. The number of carbonyl (C=O) groups is 1. The molecule has 146 valence electrons. The lowest BCUT2D eigenvalue weighted by molar-refractivity contribution is -0.119. The van der Waals surface area contributed by atoms with Crippen molar-refractivity contribution in [1.29, 1.82) is 0 Å². The Morgan fingerprint density at radius 1 is 1.29 bits per heavy atom. The minimum Gasteiger partial charge on any atom is -0.493 e. The Bertz CT molecular complexity index is 1110. The fourth-order valence-electron chi connectivity index (χ4n) is 2.98. The molecule has 1 atom stereocenters. The maximum Gasteiger partial charge on any atom is 0.273 e. The Morgan fingerprint density at radius 3 is 2.89 bits per heavy atom. The third kappa shape index (κ3) is 3.89. The number of ether oxygens (including phenoxy) is 1. The van der Waals surface area contributed by atoms with Gasteiger partial charge >= 0.3 is 0 Å². The van der Waals surface area contributed by atoms with Crippen LogP contribution in [0.1, 0.15) is 24.9 Å². The Hall–Kier alpha value is -2.43. The maximum atomic E-state index is 12.4. The molecule has 10 heteroatoms. The number of nitrogens with zero attached hydrogens (tertiary/aromatic N) is 1. The summed E-state index contributed by atoms with van der Waals surface area (Å²) in [4.78, 5) is 15.9. The number of nitrogens with one attached hydrogen (secondary N) is 2. The van der Waals surface area contributed by atoms with Crippen LogP contribution in [0.25, 0.3) is 11.3 Å². The van der Waals surface area contributed by atoms with Gasteiger partial charge in [-0.25, -0.2) is 13.4 Å². The number of benzene rings is 1. The van der Waals surface area contributed by atoms with Crippen LogP contribution in [0.5, 0.6) is 5.75 Å². The molecule has 0 bridgehead atoms. The Labute approximate surface area is 170 Å². The van der Waals surface area contributed by atoms with Gasteiger partial charge in [-0.1, -0.05) is 6.07 Å². The molecule has 3 aromatic rings. The van der Waals surface area contributed by atoms with E-state index in [2.05, 4.69) is 15.0 Å². The average Bonchev–Trinajstić information content (AvgIpc) is 3.33. The van der Waals surface area contributed by atoms with Crippen molar-refractivity contribution in [3.05, 3.63) is 46.7 Å². The van der Waals surface area contributed by atoms with Crippen LogP contribution in [0, 0.1) is 0 Å². The summed E-state index contributed by atoms with van der Waals surface area (Å²) in [5.74, 6) is 0.643. The highest BCUT2D eigenvalue weighted by Crippen LogP contribution is 2.36. The second-order valence-electron chi connectivity index (χ2n) is 6.22. The number of carbonyl (C=O) groups excluding carboxylic acids is 1. The van der Waals surface area contributed by atoms with Gasteiger partial charge in [0.1, 0.15) is 9.96 Å². The molecule has 1 aliphatic heterocycles. The third-order valence-corrected chi connectivity index (χ3v) is 7.83. The zero-order valence-corrected chi connectivity index (χ0v) is 17.3. The monoisotopic (exact) mass is 435 g/mol. The number of thiophene rings is 1. The van der Waals surface area contributed by atoms with E-state index >= 15 is 0 Å². The Kier molecular flexibility index (Phi) is 5.09. The molecule has 3 heterocycles. The molecule has 1 unspecified atom stereocenters. The second kappa shape index (κ2) is 7.53. The first-order valence-electron chi connectivity index (χ1n) is 8.48. The van der Waals surface area contributed by atoms with Crippen molar-refractivity contribution in [2.45, 2.75) is 23.6 Å². The first-order valence-corrected chi connectivity index (χ1v) is 11.7. The summed E-state index contributed by atoms with van der Waals surface area (Å²) < 4.78 is 33.1. The topological polar surface area (TPSA) is 97.4 Å². The Balaban J connectivity index is 1.60. The fraction of sp³-hybridized carbons (Fsp3) is 0.222. The van der Waals surface area contributed by atoms with Crippen molar-refractivity contribution in [3.63, 3.8) is 0 Å². The average molecular weight is 436 g/mol. The number of hydrogen-bond acceptors (Lipinski definition) is 7. The van der Waals surface area contributed by atoms with Crippen molar-refractivity contribution in [2.75, 3.05) is 11.3 Å². The molecule has 0 saturated carbocycles. The van der Waals surface area contributed by atoms with Crippen molar-refractivity contribution in [2.24, 2.45) is 0 Å². The molecule has 0 radical (unpaired) electrons. The van der Waals surface area contributed by atoms with Gasteiger partial charge in [-0.05, 0) is 29.6 Å². The summed E-state index contributed by atoms with van der Waals surface area (Å²) in [6.45, 7) is 2.04. The molecule has 4 rings (SSSR count). The molecule has 1 aliphatic rings. The van der Waals surface area contributed by atoms with Gasteiger partial charge in [0.15, 0.2) is 5.13 Å². The van der Waals surface area contributed by atoms with Gasteiger partial charge in [0, 0.05) is 29.9 Å². The number of rotatable bonds is 5. The van der Waals surface area contributed by atoms with Gasteiger partial charge in [0.05, 0.1) is 18.3 Å². The lowest BCUT2D eigenvalue weighted by atomic mass is 9.97. The molecule has 0 fully saturated rings. The largest absolute Gasteiger partial charge is 0.493 e. The van der Waals surface area contributed by atoms with Gasteiger partial charge in [0.2, 0.25) is 5.91 Å². The van der Waals surface area contributed by atoms with Crippen molar-refractivity contribution >= 4 is 43.7 Å². The van der Waals surface area contributed by atoms with Gasteiger partial charge in [0.25, 0.3) is 10.0 Å². The number of fused-ring (bicyclic) bond motifs is 1. The van der Waals surface area contributed by atoms with Crippen LogP contribution in [0.2, 0.25) is 0 Å². The summed E-state index contributed by atoms with van der Waals surface area (Å²) in [5.41, 5.74) is 2.38. The minimum atomic E-state index is -3.63. The molecule has 28 heavy (non-hydrogen) atoms. The normalized spacial score (nSPS) is 16.1. The van der Waals surface area contributed by atoms with E-state index < -0.39 is 10.0 Å². The molecule has 2 aromatic heterocycles. The molecule has 1 amide bonds. The van der Waals surface area contributed by atoms with Crippen LogP contribution in [0.4, 0.5) is 5.13 Å². The van der Waals surface area contributed by atoms with Crippen LogP contribution in [-0.4, -0.2) is 25.9 Å². The van der Waals surface area contributed by atoms with Crippen LogP contribution >= 0.6 is 22.7 Å². The van der Waals surface area contributed by atoms with Crippen molar-refractivity contribution in [3.8, 4) is 17.0 Å². The van der Waals surface area contributed by atoms with Crippen LogP contribution in [0.15, 0.2) is 45.3 Å². The van der Waals surface area contributed by atoms with E-state index in [1.54, 1.807) is 22.9 Å². The number of anilines is 1. The molecule has 0 spiro atoms. The molecule has 1 aromatic carbocycles. The highest BCUT2D eigenvalue weighted by Gasteiger charge is 2.23. The van der Waals surface area contributed by atoms with Crippen LogP contribution < -0.4 is 14.8 Å². The SMILES string of the molecule is CC(=O)NC1CCOc2ccc(-c3csc(NS(=O)(=O)c4cccs4)n3)cc21. The Morgan fingerprint density at radius 2 is 2.14 bits per heavy atom. The van der Waals surface area contributed by atoms with Gasteiger partial charge in [-0.3, -0.25) is 9.52 Å². The number of thiazole rings is 1. The lowest BCUT2D eigenvalue weighted by Gasteiger charge is -2.26. The maximum absolute atomic E-state index is 12.4. The minimum absolute atomic E-state index is 0.0952.